The van der Waals surface area contributed by atoms with Crippen molar-refractivity contribution in [2.75, 3.05) is 0 Å². The van der Waals surface area contributed by atoms with E-state index in [-0.39, 0.29) is 0 Å². The van der Waals surface area contributed by atoms with Crippen molar-refractivity contribution in [1.29, 1.82) is 0 Å². The summed E-state index contributed by atoms with van der Waals surface area (Å²) in [5.74, 6) is 0.0114. The number of carboxylic acid groups (broad SMARTS) is 1. The lowest BCUT2D eigenvalue weighted by Gasteiger charge is -2.11. The summed E-state index contributed by atoms with van der Waals surface area (Å²) in [4.78, 5) is 10.6. The smallest absolute Gasteiger partial charge is 0.328 e. The van der Waals surface area contributed by atoms with Crippen LogP contribution >= 0.6 is 0 Å². The first-order chi connectivity index (χ1) is 13.0. The third-order valence-electron chi connectivity index (χ3n) is 5.47. The van der Waals surface area contributed by atoms with E-state index in [9.17, 15) is 4.79 Å². The number of rotatable bonds is 18. The Morgan fingerprint density at radius 2 is 1.37 bits per heavy atom. The number of carbonyl (C=O) groups is 1. The van der Waals surface area contributed by atoms with Gasteiger partial charge in [-0.3, -0.25) is 0 Å². The Labute approximate surface area is 169 Å². The van der Waals surface area contributed by atoms with Gasteiger partial charge in [0.05, 0.1) is 0 Å². The van der Waals surface area contributed by atoms with Gasteiger partial charge >= 0.3 is 5.97 Å². The Balaban J connectivity index is 3.57. The van der Waals surface area contributed by atoms with Crippen LogP contribution in [0.3, 0.4) is 0 Å². The van der Waals surface area contributed by atoms with Crippen molar-refractivity contribution in [3.8, 4) is 0 Å². The number of hydrogen-bond donors (Lipinski definition) is 1. The average Bonchev–Trinajstić information content (AvgIpc) is 2.59. The van der Waals surface area contributed by atoms with Gasteiger partial charge in [-0.1, -0.05) is 102 Å². The summed E-state index contributed by atoms with van der Waals surface area (Å²) >= 11 is 0. The van der Waals surface area contributed by atoms with Crippen molar-refractivity contribution < 1.29 is 9.90 Å². The van der Waals surface area contributed by atoms with Gasteiger partial charge in [0.15, 0.2) is 0 Å². The Hall–Kier alpha value is -1.05. The van der Waals surface area contributed by atoms with Crippen molar-refractivity contribution in [2.24, 2.45) is 5.92 Å². The summed E-state index contributed by atoms with van der Waals surface area (Å²) in [5.41, 5.74) is 2.40. The molecule has 2 heteroatoms. The Morgan fingerprint density at radius 1 is 0.815 bits per heavy atom. The van der Waals surface area contributed by atoms with E-state index in [0.29, 0.717) is 0 Å². The van der Waals surface area contributed by atoms with Gasteiger partial charge in [0, 0.05) is 6.08 Å². The molecule has 0 spiro atoms. The zero-order valence-corrected chi connectivity index (χ0v) is 18.7. The second-order valence-electron chi connectivity index (χ2n) is 8.53. The van der Waals surface area contributed by atoms with E-state index < -0.39 is 5.97 Å². The lowest BCUT2D eigenvalue weighted by atomic mass is 9.95. The molecule has 0 heterocycles. The first kappa shape index (κ1) is 26.0. The summed E-state index contributed by atoms with van der Waals surface area (Å²) < 4.78 is 0. The van der Waals surface area contributed by atoms with Crippen molar-refractivity contribution in [3.63, 3.8) is 0 Å². The van der Waals surface area contributed by atoms with E-state index in [1.165, 1.54) is 95.1 Å². The summed E-state index contributed by atoms with van der Waals surface area (Å²) in [6, 6.07) is 0. The molecule has 1 atom stereocenters. The van der Waals surface area contributed by atoms with Crippen LogP contribution < -0.4 is 0 Å². The maximum absolute atomic E-state index is 10.6. The molecule has 0 rings (SSSR count). The van der Waals surface area contributed by atoms with Crippen LogP contribution in [0, 0.1) is 5.92 Å². The molecule has 27 heavy (non-hydrogen) atoms. The molecule has 0 aromatic carbocycles. The highest BCUT2D eigenvalue weighted by atomic mass is 16.4. The molecule has 0 saturated carbocycles. The highest BCUT2D eigenvalue weighted by Crippen LogP contribution is 2.19. The fourth-order valence-corrected chi connectivity index (χ4v) is 3.61. The third-order valence-corrected chi connectivity index (χ3v) is 5.47. The van der Waals surface area contributed by atoms with Crippen LogP contribution in [0.4, 0.5) is 0 Å². The molecule has 0 saturated heterocycles. The molecule has 0 aliphatic heterocycles. The second kappa shape index (κ2) is 18.3. The van der Waals surface area contributed by atoms with E-state index in [1.807, 2.05) is 6.92 Å². The molecule has 1 unspecified atom stereocenters. The SMILES string of the molecule is CCCCCCCCCCCC(C)CCC/C(C)=C\CC/C(C)=C\C(=O)O. The van der Waals surface area contributed by atoms with Gasteiger partial charge in [-0.05, 0) is 45.4 Å². The molecule has 1 N–H and O–H groups in total. The van der Waals surface area contributed by atoms with Crippen LogP contribution in [-0.4, -0.2) is 11.1 Å². The molecule has 158 valence electrons. The highest BCUT2D eigenvalue weighted by molar-refractivity contribution is 5.80. The van der Waals surface area contributed by atoms with Gasteiger partial charge in [0.2, 0.25) is 0 Å². The predicted molar refractivity (Wildman–Crippen MR) is 119 cm³/mol. The maximum atomic E-state index is 10.6. The molecular formula is C25H46O2. The molecular weight excluding hydrogens is 332 g/mol. The van der Waals surface area contributed by atoms with Crippen molar-refractivity contribution in [3.05, 3.63) is 23.3 Å². The summed E-state index contributed by atoms with van der Waals surface area (Å²) in [5, 5.41) is 8.71. The maximum Gasteiger partial charge on any atom is 0.328 e. The molecule has 0 bridgehead atoms. The number of aliphatic carboxylic acids is 1. The molecule has 0 aromatic heterocycles. The van der Waals surface area contributed by atoms with Crippen LogP contribution in [-0.2, 0) is 4.79 Å². The van der Waals surface area contributed by atoms with E-state index >= 15 is 0 Å². The minimum absolute atomic E-state index is 0.839. The van der Waals surface area contributed by atoms with Crippen LogP contribution in [0.15, 0.2) is 23.3 Å². The van der Waals surface area contributed by atoms with E-state index in [1.54, 1.807) is 0 Å². The first-order valence-electron chi connectivity index (χ1n) is 11.5. The zero-order chi connectivity index (χ0) is 20.3. The standard InChI is InChI=1S/C25H46O2/c1-5-6-7-8-9-10-11-12-13-16-22(2)17-14-18-23(3)19-15-20-24(4)21-25(26)27/h19,21-22H,5-18,20H2,1-4H3,(H,26,27)/b23-19-,24-21-. The van der Waals surface area contributed by atoms with Crippen LogP contribution in [0.25, 0.3) is 0 Å². The normalized spacial score (nSPS) is 13.8. The fourth-order valence-electron chi connectivity index (χ4n) is 3.61. The minimum Gasteiger partial charge on any atom is -0.478 e. The van der Waals surface area contributed by atoms with Crippen molar-refractivity contribution in [2.45, 2.75) is 124 Å². The Morgan fingerprint density at radius 3 is 1.96 bits per heavy atom. The van der Waals surface area contributed by atoms with E-state index in [0.717, 1.165) is 24.3 Å². The number of unbranched alkanes of at least 4 members (excludes halogenated alkanes) is 8. The van der Waals surface area contributed by atoms with Gasteiger partial charge in [-0.25, -0.2) is 4.79 Å². The molecule has 0 aliphatic carbocycles. The summed E-state index contributed by atoms with van der Waals surface area (Å²) in [7, 11) is 0. The van der Waals surface area contributed by atoms with Crippen LogP contribution in [0.1, 0.15) is 124 Å². The molecule has 0 aromatic rings. The average molecular weight is 379 g/mol. The lowest BCUT2D eigenvalue weighted by molar-refractivity contribution is -0.131. The Kier molecular flexibility index (Phi) is 17.6. The highest BCUT2D eigenvalue weighted by Gasteiger charge is 2.03. The molecule has 0 radical (unpaired) electrons. The molecule has 0 fully saturated rings. The number of allylic oxidation sites excluding steroid dienone is 3. The van der Waals surface area contributed by atoms with Gasteiger partial charge in [-0.2, -0.15) is 0 Å². The zero-order valence-electron chi connectivity index (χ0n) is 18.7. The van der Waals surface area contributed by atoms with Gasteiger partial charge in [0.25, 0.3) is 0 Å². The van der Waals surface area contributed by atoms with Crippen molar-refractivity contribution in [1.82, 2.24) is 0 Å². The van der Waals surface area contributed by atoms with Crippen LogP contribution in [0.2, 0.25) is 0 Å². The first-order valence-corrected chi connectivity index (χ1v) is 11.5. The minimum atomic E-state index is -0.839. The van der Waals surface area contributed by atoms with E-state index in [4.69, 9.17) is 5.11 Å². The van der Waals surface area contributed by atoms with Gasteiger partial charge in [-0.15, -0.1) is 0 Å². The van der Waals surface area contributed by atoms with Crippen molar-refractivity contribution >= 4 is 5.97 Å². The monoisotopic (exact) mass is 378 g/mol. The number of hydrogen-bond acceptors (Lipinski definition) is 1. The van der Waals surface area contributed by atoms with Crippen LogP contribution in [0.5, 0.6) is 0 Å². The summed E-state index contributed by atoms with van der Waals surface area (Å²) in [6.45, 7) is 8.79. The number of carboxylic acids is 1. The fraction of sp³-hybridized carbons (Fsp3) is 0.800. The quantitative estimate of drug-likeness (QED) is 0.147. The Bertz CT molecular complexity index is 420. The molecule has 0 amide bonds. The topological polar surface area (TPSA) is 37.3 Å². The predicted octanol–water partition coefficient (Wildman–Crippen LogP) is 8.47. The third kappa shape index (κ3) is 19.5. The molecule has 2 nitrogen and oxygen atoms in total. The lowest BCUT2D eigenvalue weighted by Crippen LogP contribution is -1.95. The molecule has 0 aliphatic rings. The largest absolute Gasteiger partial charge is 0.478 e. The van der Waals surface area contributed by atoms with Gasteiger partial charge in [0.1, 0.15) is 0 Å². The summed E-state index contributed by atoms with van der Waals surface area (Å²) in [6.07, 6.45) is 23.3. The second-order valence-corrected chi connectivity index (χ2v) is 8.53. The van der Waals surface area contributed by atoms with Gasteiger partial charge < -0.3 is 5.11 Å². The van der Waals surface area contributed by atoms with E-state index in [2.05, 4.69) is 26.8 Å².